The van der Waals surface area contributed by atoms with Gasteiger partial charge in [-0.3, -0.25) is 4.90 Å². The second-order valence-electron chi connectivity index (χ2n) is 6.31. The van der Waals surface area contributed by atoms with Gasteiger partial charge in [0, 0.05) is 24.2 Å². The number of piperidine rings is 2. The lowest BCUT2D eigenvalue weighted by Crippen LogP contribution is -2.51. The SMILES string of the molecule is CC1CCCC(C)N1C(C)CC1CCCCN1. The van der Waals surface area contributed by atoms with Gasteiger partial charge in [0.25, 0.3) is 0 Å². The zero-order valence-corrected chi connectivity index (χ0v) is 11.9. The van der Waals surface area contributed by atoms with Crippen LogP contribution in [0, 0.1) is 0 Å². The van der Waals surface area contributed by atoms with Gasteiger partial charge < -0.3 is 5.32 Å². The Morgan fingerprint density at radius 3 is 2.35 bits per heavy atom. The molecule has 2 saturated heterocycles. The number of likely N-dealkylation sites (tertiary alicyclic amines) is 1. The van der Waals surface area contributed by atoms with Crippen molar-refractivity contribution in [2.45, 2.75) is 89.9 Å². The van der Waals surface area contributed by atoms with Crippen molar-refractivity contribution in [3.05, 3.63) is 0 Å². The molecule has 0 aromatic rings. The first-order valence-electron chi connectivity index (χ1n) is 7.69. The van der Waals surface area contributed by atoms with Crippen LogP contribution in [-0.2, 0) is 0 Å². The Hall–Kier alpha value is -0.0800. The van der Waals surface area contributed by atoms with Crippen LogP contribution in [0.25, 0.3) is 0 Å². The highest BCUT2D eigenvalue weighted by Crippen LogP contribution is 2.27. The summed E-state index contributed by atoms with van der Waals surface area (Å²) in [4.78, 5) is 2.78. The first-order valence-corrected chi connectivity index (χ1v) is 7.69. The monoisotopic (exact) mass is 238 g/mol. The first-order chi connectivity index (χ1) is 8.18. The van der Waals surface area contributed by atoms with E-state index in [0.29, 0.717) is 0 Å². The molecule has 4 unspecified atom stereocenters. The quantitative estimate of drug-likeness (QED) is 0.812. The maximum atomic E-state index is 3.69. The fraction of sp³-hybridized carbons (Fsp3) is 1.00. The number of nitrogens with one attached hydrogen (secondary N) is 1. The Kier molecular flexibility index (Phi) is 4.87. The summed E-state index contributed by atoms with van der Waals surface area (Å²) in [7, 11) is 0. The van der Waals surface area contributed by atoms with Crippen LogP contribution in [0.3, 0.4) is 0 Å². The molecule has 0 saturated carbocycles. The van der Waals surface area contributed by atoms with Crippen LogP contribution < -0.4 is 5.32 Å². The van der Waals surface area contributed by atoms with Crippen molar-refractivity contribution in [3.63, 3.8) is 0 Å². The van der Waals surface area contributed by atoms with Crippen LogP contribution in [0.15, 0.2) is 0 Å². The summed E-state index contributed by atoms with van der Waals surface area (Å²) in [6, 6.07) is 3.10. The van der Waals surface area contributed by atoms with Crippen molar-refractivity contribution in [3.8, 4) is 0 Å². The maximum Gasteiger partial charge on any atom is 0.00873 e. The third kappa shape index (κ3) is 3.45. The van der Waals surface area contributed by atoms with Gasteiger partial charge in [-0.25, -0.2) is 0 Å². The molecular weight excluding hydrogens is 208 g/mol. The fourth-order valence-corrected chi connectivity index (χ4v) is 3.97. The topological polar surface area (TPSA) is 15.3 Å². The Morgan fingerprint density at radius 2 is 1.76 bits per heavy atom. The Balaban J connectivity index is 1.86. The molecule has 0 aromatic carbocycles. The van der Waals surface area contributed by atoms with Gasteiger partial charge in [-0.1, -0.05) is 12.8 Å². The lowest BCUT2D eigenvalue weighted by atomic mass is 9.92. The minimum Gasteiger partial charge on any atom is -0.314 e. The third-order valence-electron chi connectivity index (χ3n) is 4.81. The van der Waals surface area contributed by atoms with Crippen molar-refractivity contribution in [1.82, 2.24) is 10.2 Å². The van der Waals surface area contributed by atoms with Crippen LogP contribution in [0.1, 0.15) is 65.7 Å². The van der Waals surface area contributed by atoms with E-state index in [9.17, 15) is 0 Å². The predicted molar refractivity (Wildman–Crippen MR) is 74.3 cm³/mol. The van der Waals surface area contributed by atoms with Gasteiger partial charge in [0.1, 0.15) is 0 Å². The molecular formula is C15H30N2. The molecule has 2 fully saturated rings. The lowest BCUT2D eigenvalue weighted by molar-refractivity contribution is 0.0525. The zero-order chi connectivity index (χ0) is 12.3. The van der Waals surface area contributed by atoms with E-state index in [-0.39, 0.29) is 0 Å². The predicted octanol–water partition coefficient (Wildman–Crippen LogP) is 3.17. The number of hydrogen-bond donors (Lipinski definition) is 1. The molecule has 1 N–H and O–H groups in total. The van der Waals surface area contributed by atoms with Gasteiger partial charge in [0.05, 0.1) is 0 Å². The highest BCUT2D eigenvalue weighted by Gasteiger charge is 2.30. The van der Waals surface area contributed by atoms with E-state index in [1.54, 1.807) is 0 Å². The second-order valence-corrected chi connectivity index (χ2v) is 6.31. The molecule has 100 valence electrons. The third-order valence-corrected chi connectivity index (χ3v) is 4.81. The summed E-state index contributed by atoms with van der Waals surface area (Å²) >= 11 is 0. The van der Waals surface area contributed by atoms with Gasteiger partial charge in [-0.2, -0.15) is 0 Å². The van der Waals surface area contributed by atoms with Crippen LogP contribution in [0.5, 0.6) is 0 Å². The highest BCUT2D eigenvalue weighted by atomic mass is 15.2. The van der Waals surface area contributed by atoms with E-state index in [2.05, 4.69) is 31.0 Å². The summed E-state index contributed by atoms with van der Waals surface area (Å²) < 4.78 is 0. The zero-order valence-electron chi connectivity index (χ0n) is 11.9. The Bertz CT molecular complexity index is 213. The largest absolute Gasteiger partial charge is 0.314 e. The van der Waals surface area contributed by atoms with Crippen LogP contribution in [0.2, 0.25) is 0 Å². The minimum atomic E-state index is 0.746. The van der Waals surface area contributed by atoms with E-state index >= 15 is 0 Å². The average Bonchev–Trinajstić information content (AvgIpc) is 2.30. The van der Waals surface area contributed by atoms with Crippen molar-refractivity contribution < 1.29 is 0 Å². The van der Waals surface area contributed by atoms with Crippen molar-refractivity contribution in [2.24, 2.45) is 0 Å². The lowest BCUT2D eigenvalue weighted by Gasteiger charge is -2.44. The molecule has 2 heteroatoms. The van der Waals surface area contributed by atoms with Gasteiger partial charge in [-0.15, -0.1) is 0 Å². The highest BCUT2D eigenvalue weighted by molar-refractivity contribution is 4.86. The van der Waals surface area contributed by atoms with Crippen molar-refractivity contribution in [2.75, 3.05) is 6.54 Å². The molecule has 2 rings (SSSR count). The summed E-state index contributed by atoms with van der Waals surface area (Å²) in [5.74, 6) is 0. The second kappa shape index (κ2) is 6.19. The van der Waals surface area contributed by atoms with E-state index in [1.165, 1.54) is 51.5 Å². The van der Waals surface area contributed by atoms with Gasteiger partial charge in [0.15, 0.2) is 0 Å². The van der Waals surface area contributed by atoms with E-state index in [4.69, 9.17) is 0 Å². The van der Waals surface area contributed by atoms with Gasteiger partial charge >= 0.3 is 0 Å². The fourth-order valence-electron chi connectivity index (χ4n) is 3.97. The average molecular weight is 238 g/mol. The molecule has 0 radical (unpaired) electrons. The normalized spacial score (nSPS) is 37.9. The van der Waals surface area contributed by atoms with Crippen LogP contribution >= 0.6 is 0 Å². The molecule has 2 heterocycles. The Morgan fingerprint density at radius 1 is 1.06 bits per heavy atom. The number of rotatable bonds is 3. The van der Waals surface area contributed by atoms with Crippen molar-refractivity contribution >= 4 is 0 Å². The standard InChI is InChI=1S/C15H30N2/c1-12-7-6-8-13(2)17(12)14(3)11-15-9-4-5-10-16-15/h12-16H,4-11H2,1-3H3. The molecule has 0 spiro atoms. The van der Waals surface area contributed by atoms with E-state index in [1.807, 2.05) is 0 Å². The number of hydrogen-bond acceptors (Lipinski definition) is 2. The molecule has 0 aromatic heterocycles. The van der Waals surface area contributed by atoms with E-state index in [0.717, 1.165) is 24.2 Å². The van der Waals surface area contributed by atoms with Crippen LogP contribution in [0.4, 0.5) is 0 Å². The summed E-state index contributed by atoms with van der Waals surface area (Å²) in [6.07, 6.45) is 9.75. The summed E-state index contributed by atoms with van der Waals surface area (Å²) in [6.45, 7) is 8.51. The summed E-state index contributed by atoms with van der Waals surface area (Å²) in [5, 5.41) is 3.69. The molecule has 0 bridgehead atoms. The first kappa shape index (κ1) is 13.4. The van der Waals surface area contributed by atoms with Gasteiger partial charge in [-0.05, 0) is 59.4 Å². The molecule has 0 amide bonds. The molecule has 4 atom stereocenters. The molecule has 2 aliphatic heterocycles. The van der Waals surface area contributed by atoms with Crippen LogP contribution in [-0.4, -0.2) is 35.6 Å². The molecule has 0 aliphatic carbocycles. The van der Waals surface area contributed by atoms with E-state index < -0.39 is 0 Å². The molecule has 2 aliphatic rings. The summed E-state index contributed by atoms with van der Waals surface area (Å²) in [5.41, 5.74) is 0. The van der Waals surface area contributed by atoms with Gasteiger partial charge in [0.2, 0.25) is 0 Å². The minimum absolute atomic E-state index is 0.746. The Labute approximate surface area is 107 Å². The smallest absolute Gasteiger partial charge is 0.00873 e. The number of nitrogens with zero attached hydrogens (tertiary/aromatic N) is 1. The van der Waals surface area contributed by atoms with Crippen molar-refractivity contribution in [1.29, 1.82) is 0 Å². The molecule has 17 heavy (non-hydrogen) atoms. The maximum absolute atomic E-state index is 3.69. The molecule has 2 nitrogen and oxygen atoms in total.